The molecule has 2 aliphatic rings. The molecule has 1 heterocycles. The van der Waals surface area contributed by atoms with E-state index in [2.05, 4.69) is 38.1 Å². The van der Waals surface area contributed by atoms with Crippen LogP contribution in [0.3, 0.4) is 0 Å². The molecule has 0 aromatic heterocycles. The molecule has 1 aromatic rings. The molecule has 1 saturated carbocycles. The molecule has 0 radical (unpaired) electrons. The van der Waals surface area contributed by atoms with Gasteiger partial charge in [0.2, 0.25) is 5.91 Å². The third-order valence-electron chi connectivity index (χ3n) is 4.41. The predicted molar refractivity (Wildman–Crippen MR) is 94.8 cm³/mol. The van der Waals surface area contributed by atoms with Crippen LogP contribution in [0.1, 0.15) is 38.7 Å². The zero-order valence-corrected chi connectivity index (χ0v) is 15.0. The number of likely N-dealkylation sites (tertiary alicyclic amines) is 1. The minimum Gasteiger partial charge on any atom is -0.376 e. The Morgan fingerprint density at radius 1 is 1.26 bits per heavy atom. The molecule has 0 N–H and O–H groups in total. The molecular weight excluding hydrogens is 306 g/mol. The number of ether oxygens (including phenoxy) is 1. The van der Waals surface area contributed by atoms with E-state index in [1.54, 1.807) is 0 Å². The van der Waals surface area contributed by atoms with E-state index in [0.717, 1.165) is 37.6 Å². The van der Waals surface area contributed by atoms with E-state index in [4.69, 9.17) is 4.74 Å². The summed E-state index contributed by atoms with van der Waals surface area (Å²) in [6.45, 7) is 6.89. The second kappa shape index (κ2) is 7.71. The second-order valence-electron chi connectivity index (χ2n) is 7.01. The Hall–Kier alpha value is -1.00. The van der Waals surface area contributed by atoms with Crippen LogP contribution in [0.15, 0.2) is 29.2 Å². The molecule has 0 bridgehead atoms. The number of rotatable bonds is 7. The number of thioether (sulfide) groups is 1. The summed E-state index contributed by atoms with van der Waals surface area (Å²) in [5.74, 6) is 1.02. The van der Waals surface area contributed by atoms with Gasteiger partial charge in [0.15, 0.2) is 0 Å². The molecule has 3 rings (SSSR count). The lowest BCUT2D eigenvalue weighted by atomic mass is 10.1. The number of carbonyl (C=O) groups is 1. The van der Waals surface area contributed by atoms with Gasteiger partial charge >= 0.3 is 0 Å². The van der Waals surface area contributed by atoms with E-state index < -0.39 is 0 Å². The first-order chi connectivity index (χ1) is 11.1. The lowest BCUT2D eigenvalue weighted by Gasteiger charge is -2.17. The number of nitrogens with zero attached hydrogens (tertiary/aromatic N) is 1. The number of hydrogen-bond donors (Lipinski definition) is 0. The van der Waals surface area contributed by atoms with Gasteiger partial charge in [0, 0.05) is 29.8 Å². The monoisotopic (exact) mass is 333 g/mol. The van der Waals surface area contributed by atoms with Crippen molar-refractivity contribution in [2.75, 3.05) is 19.7 Å². The Bertz CT molecular complexity index is 525. The average Bonchev–Trinajstić information content (AvgIpc) is 3.23. The maximum Gasteiger partial charge on any atom is 0.227 e. The van der Waals surface area contributed by atoms with Crippen LogP contribution in [-0.2, 0) is 16.0 Å². The van der Waals surface area contributed by atoms with E-state index in [1.165, 1.54) is 17.7 Å². The molecular formula is C19H27NO2S. The fraction of sp³-hybridized carbons (Fsp3) is 0.632. The topological polar surface area (TPSA) is 29.5 Å². The molecule has 23 heavy (non-hydrogen) atoms. The maximum atomic E-state index is 12.4. The van der Waals surface area contributed by atoms with Crippen molar-refractivity contribution in [3.8, 4) is 0 Å². The van der Waals surface area contributed by atoms with E-state index in [9.17, 15) is 4.79 Å². The molecule has 1 atom stereocenters. The minimum atomic E-state index is 0.229. The molecule has 1 aliphatic heterocycles. The van der Waals surface area contributed by atoms with Gasteiger partial charge in [-0.1, -0.05) is 26.0 Å². The van der Waals surface area contributed by atoms with Crippen LogP contribution >= 0.6 is 11.8 Å². The van der Waals surface area contributed by atoms with Gasteiger partial charge in [0.1, 0.15) is 0 Å². The first-order valence-electron chi connectivity index (χ1n) is 8.75. The molecule has 126 valence electrons. The van der Waals surface area contributed by atoms with Crippen molar-refractivity contribution < 1.29 is 9.53 Å². The van der Waals surface area contributed by atoms with Gasteiger partial charge < -0.3 is 9.64 Å². The highest BCUT2D eigenvalue weighted by molar-refractivity contribution is 7.99. The zero-order chi connectivity index (χ0) is 16.2. The molecule has 0 unspecified atom stereocenters. The predicted octanol–water partition coefficient (Wildman–Crippen LogP) is 3.76. The maximum absolute atomic E-state index is 12.4. The zero-order valence-electron chi connectivity index (χ0n) is 14.2. The van der Waals surface area contributed by atoms with Crippen LogP contribution < -0.4 is 0 Å². The Kier molecular flexibility index (Phi) is 5.65. The van der Waals surface area contributed by atoms with E-state index >= 15 is 0 Å². The first kappa shape index (κ1) is 16.8. The SMILES string of the molecule is CC(C)Sc1ccc(CC(=O)N2CC[C@H](OCC3CC3)C2)cc1. The third kappa shape index (κ3) is 5.25. The molecule has 4 heteroatoms. The molecule has 1 aromatic carbocycles. The summed E-state index contributed by atoms with van der Waals surface area (Å²) in [4.78, 5) is 15.7. The Balaban J connectivity index is 1.45. The van der Waals surface area contributed by atoms with Gasteiger partial charge in [0.05, 0.1) is 12.5 Å². The Morgan fingerprint density at radius 3 is 2.65 bits per heavy atom. The van der Waals surface area contributed by atoms with Crippen LogP contribution in [0.5, 0.6) is 0 Å². The van der Waals surface area contributed by atoms with E-state index in [-0.39, 0.29) is 12.0 Å². The van der Waals surface area contributed by atoms with E-state index in [0.29, 0.717) is 11.7 Å². The van der Waals surface area contributed by atoms with Gasteiger partial charge in [0.25, 0.3) is 0 Å². The largest absolute Gasteiger partial charge is 0.376 e. The minimum absolute atomic E-state index is 0.229. The number of benzene rings is 1. The summed E-state index contributed by atoms with van der Waals surface area (Å²) in [5, 5.41) is 0.583. The molecule has 1 aliphatic carbocycles. The van der Waals surface area contributed by atoms with Crippen LogP contribution in [0.4, 0.5) is 0 Å². The van der Waals surface area contributed by atoms with Crippen LogP contribution in [0.25, 0.3) is 0 Å². The Morgan fingerprint density at radius 2 is 2.00 bits per heavy atom. The first-order valence-corrected chi connectivity index (χ1v) is 9.63. The van der Waals surface area contributed by atoms with Crippen molar-refractivity contribution in [3.05, 3.63) is 29.8 Å². The number of carbonyl (C=O) groups excluding carboxylic acids is 1. The normalized spacial score (nSPS) is 21.2. The van der Waals surface area contributed by atoms with Gasteiger partial charge in [-0.25, -0.2) is 0 Å². The van der Waals surface area contributed by atoms with Crippen LogP contribution in [-0.4, -0.2) is 41.9 Å². The summed E-state index contributed by atoms with van der Waals surface area (Å²) >= 11 is 1.85. The average molecular weight is 333 g/mol. The highest BCUT2D eigenvalue weighted by atomic mass is 32.2. The fourth-order valence-corrected chi connectivity index (χ4v) is 3.73. The molecule has 1 amide bonds. The number of amides is 1. The third-order valence-corrected chi connectivity index (χ3v) is 5.43. The van der Waals surface area contributed by atoms with Gasteiger partial charge in [-0.05, 0) is 42.9 Å². The summed E-state index contributed by atoms with van der Waals surface area (Å²) < 4.78 is 5.91. The van der Waals surface area contributed by atoms with Crippen molar-refractivity contribution in [1.82, 2.24) is 4.90 Å². The number of hydrogen-bond acceptors (Lipinski definition) is 3. The quantitative estimate of drug-likeness (QED) is 0.712. The summed E-state index contributed by atoms with van der Waals surface area (Å²) in [5.41, 5.74) is 1.10. The van der Waals surface area contributed by atoms with Gasteiger partial charge in [-0.3, -0.25) is 4.79 Å². The van der Waals surface area contributed by atoms with Crippen molar-refractivity contribution >= 4 is 17.7 Å². The highest BCUT2D eigenvalue weighted by Crippen LogP contribution is 2.30. The highest BCUT2D eigenvalue weighted by Gasteiger charge is 2.29. The van der Waals surface area contributed by atoms with Crippen LogP contribution in [0.2, 0.25) is 0 Å². The summed E-state index contributed by atoms with van der Waals surface area (Å²) in [6, 6.07) is 8.41. The van der Waals surface area contributed by atoms with Crippen molar-refractivity contribution in [2.45, 2.75) is 55.8 Å². The van der Waals surface area contributed by atoms with E-state index in [1.807, 2.05) is 16.7 Å². The fourth-order valence-electron chi connectivity index (χ4n) is 2.89. The summed E-state index contributed by atoms with van der Waals surface area (Å²) in [7, 11) is 0. The lowest BCUT2D eigenvalue weighted by molar-refractivity contribution is -0.130. The molecule has 1 saturated heterocycles. The molecule has 3 nitrogen and oxygen atoms in total. The Labute approximate surface area is 143 Å². The van der Waals surface area contributed by atoms with Crippen molar-refractivity contribution in [1.29, 1.82) is 0 Å². The van der Waals surface area contributed by atoms with Gasteiger partial charge in [-0.15, -0.1) is 11.8 Å². The molecule has 0 spiro atoms. The lowest BCUT2D eigenvalue weighted by Crippen LogP contribution is -2.31. The second-order valence-corrected chi connectivity index (χ2v) is 8.66. The van der Waals surface area contributed by atoms with Crippen molar-refractivity contribution in [3.63, 3.8) is 0 Å². The summed E-state index contributed by atoms with van der Waals surface area (Å²) in [6.07, 6.45) is 4.38. The van der Waals surface area contributed by atoms with Gasteiger partial charge in [-0.2, -0.15) is 0 Å². The van der Waals surface area contributed by atoms with Crippen molar-refractivity contribution in [2.24, 2.45) is 5.92 Å². The molecule has 2 fully saturated rings. The standard InChI is InChI=1S/C19H27NO2S/c1-14(2)23-18-7-5-15(6-8-18)11-19(21)20-10-9-17(12-20)22-13-16-3-4-16/h5-8,14,16-17H,3-4,9-13H2,1-2H3/t17-/m0/s1. The van der Waals surface area contributed by atoms with Crippen LogP contribution in [0, 0.1) is 5.92 Å². The smallest absolute Gasteiger partial charge is 0.227 e.